The Balaban J connectivity index is 1.55. The van der Waals surface area contributed by atoms with E-state index in [2.05, 4.69) is 20.1 Å². The number of ether oxygens (including phenoxy) is 1. The van der Waals surface area contributed by atoms with Gasteiger partial charge in [-0.05, 0) is 37.6 Å². The number of fused-ring (bicyclic) bond motifs is 1. The van der Waals surface area contributed by atoms with Crippen LogP contribution < -0.4 is 9.64 Å². The highest BCUT2D eigenvalue weighted by Gasteiger charge is 2.36. The quantitative estimate of drug-likeness (QED) is 0.454. The number of para-hydroxylation sites is 1. The van der Waals surface area contributed by atoms with E-state index in [-0.39, 0.29) is 5.69 Å². The van der Waals surface area contributed by atoms with Crippen LogP contribution in [-0.4, -0.2) is 43.0 Å². The summed E-state index contributed by atoms with van der Waals surface area (Å²) in [6.45, 7) is 2.84. The number of anilines is 2. The summed E-state index contributed by atoms with van der Waals surface area (Å²) in [5.41, 5.74) is 1.36. The van der Waals surface area contributed by atoms with E-state index in [9.17, 15) is 13.2 Å². The van der Waals surface area contributed by atoms with Crippen molar-refractivity contribution >= 4 is 11.6 Å². The normalized spacial score (nSPS) is 13.8. The summed E-state index contributed by atoms with van der Waals surface area (Å²) in [7, 11) is 1.51. The highest BCUT2D eigenvalue weighted by molar-refractivity contribution is 5.65. The Kier molecular flexibility index (Phi) is 5.03. The van der Waals surface area contributed by atoms with E-state index in [1.54, 1.807) is 32.6 Å². The van der Waals surface area contributed by atoms with Gasteiger partial charge in [-0.15, -0.1) is 5.10 Å². The van der Waals surface area contributed by atoms with Gasteiger partial charge < -0.3 is 14.2 Å². The molecule has 0 saturated heterocycles. The van der Waals surface area contributed by atoms with Crippen molar-refractivity contribution in [2.24, 2.45) is 0 Å². The predicted molar refractivity (Wildman–Crippen MR) is 115 cm³/mol. The second kappa shape index (κ2) is 7.91. The first kappa shape index (κ1) is 21.0. The zero-order valence-electron chi connectivity index (χ0n) is 17.9. The highest BCUT2D eigenvalue weighted by atomic mass is 19.4. The zero-order valence-corrected chi connectivity index (χ0v) is 17.9. The van der Waals surface area contributed by atoms with Crippen LogP contribution in [0, 0.1) is 6.92 Å². The number of benzene rings is 1. The van der Waals surface area contributed by atoms with E-state index in [1.165, 1.54) is 19.2 Å². The van der Waals surface area contributed by atoms with Gasteiger partial charge in [-0.2, -0.15) is 18.2 Å². The third kappa shape index (κ3) is 3.79. The maximum absolute atomic E-state index is 13.6. The first-order valence-electron chi connectivity index (χ1n) is 10.3. The molecule has 1 aliphatic rings. The van der Waals surface area contributed by atoms with E-state index >= 15 is 0 Å². The molecule has 11 heteroatoms. The highest BCUT2D eigenvalue weighted by Crippen LogP contribution is 2.40. The molecule has 1 aliphatic heterocycles. The Morgan fingerprint density at radius 2 is 1.82 bits per heavy atom. The van der Waals surface area contributed by atoms with Crippen molar-refractivity contribution in [2.45, 2.75) is 26.1 Å². The molecule has 170 valence electrons. The number of pyridine rings is 1. The first-order chi connectivity index (χ1) is 15.8. The monoisotopic (exact) mass is 455 g/mol. The van der Waals surface area contributed by atoms with Crippen LogP contribution in [0.1, 0.15) is 17.7 Å². The minimum Gasteiger partial charge on any atom is -0.479 e. The smallest absolute Gasteiger partial charge is 0.418 e. The number of imidazole rings is 1. The zero-order chi connectivity index (χ0) is 23.2. The average Bonchev–Trinajstić information content (AvgIpc) is 3.44. The number of alkyl halides is 3. The lowest BCUT2D eigenvalue weighted by Gasteiger charge is -2.29. The Morgan fingerprint density at radius 1 is 1.00 bits per heavy atom. The molecule has 0 bridgehead atoms. The Bertz CT molecular complexity index is 1310. The van der Waals surface area contributed by atoms with Gasteiger partial charge in [-0.1, -0.05) is 12.1 Å². The molecule has 0 spiro atoms. The number of rotatable bonds is 4. The van der Waals surface area contributed by atoms with Crippen LogP contribution in [0.5, 0.6) is 5.88 Å². The molecule has 0 saturated carbocycles. The van der Waals surface area contributed by atoms with Gasteiger partial charge in [0.2, 0.25) is 17.7 Å². The van der Waals surface area contributed by atoms with E-state index in [1.807, 2.05) is 19.2 Å². The average molecular weight is 455 g/mol. The number of methoxy groups -OCH3 is 1. The number of halogens is 3. The van der Waals surface area contributed by atoms with Gasteiger partial charge in [0.15, 0.2) is 0 Å². The van der Waals surface area contributed by atoms with Crippen LogP contribution in [0.2, 0.25) is 0 Å². The molecule has 33 heavy (non-hydrogen) atoms. The Hall–Kier alpha value is -3.89. The second-order valence-electron chi connectivity index (χ2n) is 7.63. The van der Waals surface area contributed by atoms with Gasteiger partial charge in [-0.25, -0.2) is 14.6 Å². The van der Waals surface area contributed by atoms with Crippen LogP contribution in [0.15, 0.2) is 48.9 Å². The van der Waals surface area contributed by atoms with E-state index < -0.39 is 11.7 Å². The molecule has 4 heterocycles. The fourth-order valence-electron chi connectivity index (χ4n) is 3.90. The van der Waals surface area contributed by atoms with Crippen LogP contribution in [0.3, 0.4) is 0 Å². The molecular formula is C22H20F3N7O. The van der Waals surface area contributed by atoms with E-state index in [0.29, 0.717) is 48.5 Å². The summed E-state index contributed by atoms with van der Waals surface area (Å²) < 4.78 is 49.7. The number of hydrogen-bond acceptors (Lipinski definition) is 6. The summed E-state index contributed by atoms with van der Waals surface area (Å²) in [4.78, 5) is 14.9. The van der Waals surface area contributed by atoms with Crippen LogP contribution in [0.25, 0.3) is 17.2 Å². The topological polar surface area (TPSA) is 73.9 Å². The standard InChI is InChI=1S/C22H20F3N7O/c1-14-12-30(13-26-14)18-9-8-16(27-20(18)33-2)19-28-21-31(10-5-11-32(21)29-19)17-7-4-3-6-15(17)22(23,24)25/h3-4,6-9,12-13H,5,10-11H2,1-2H3. The fraction of sp³-hybridized carbons (Fsp3) is 0.273. The Labute approximate surface area is 187 Å². The molecule has 0 atom stereocenters. The van der Waals surface area contributed by atoms with E-state index in [4.69, 9.17) is 4.74 Å². The lowest BCUT2D eigenvalue weighted by atomic mass is 10.1. The second-order valence-corrected chi connectivity index (χ2v) is 7.63. The van der Waals surface area contributed by atoms with E-state index in [0.717, 1.165) is 11.8 Å². The van der Waals surface area contributed by atoms with Crippen LogP contribution in [0.4, 0.5) is 24.8 Å². The molecule has 8 nitrogen and oxygen atoms in total. The van der Waals surface area contributed by atoms with Gasteiger partial charge in [0, 0.05) is 19.3 Å². The molecule has 0 aliphatic carbocycles. The van der Waals surface area contributed by atoms with Crippen molar-refractivity contribution in [3.8, 4) is 23.1 Å². The lowest BCUT2D eigenvalue weighted by Crippen LogP contribution is -2.30. The third-order valence-electron chi connectivity index (χ3n) is 5.40. The molecule has 0 amide bonds. The number of aromatic nitrogens is 6. The molecular weight excluding hydrogens is 435 g/mol. The minimum atomic E-state index is -4.47. The van der Waals surface area contributed by atoms with Crippen molar-refractivity contribution in [1.82, 2.24) is 29.3 Å². The summed E-state index contributed by atoms with van der Waals surface area (Å²) in [6, 6.07) is 9.07. The van der Waals surface area contributed by atoms with Crippen molar-refractivity contribution < 1.29 is 17.9 Å². The number of aryl methyl sites for hydroxylation is 2. The van der Waals surface area contributed by atoms with Gasteiger partial charge in [0.1, 0.15) is 11.4 Å². The van der Waals surface area contributed by atoms with Gasteiger partial charge in [-0.3, -0.25) is 0 Å². The first-order valence-corrected chi connectivity index (χ1v) is 10.3. The predicted octanol–water partition coefficient (Wildman–Crippen LogP) is 4.40. The van der Waals surface area contributed by atoms with Crippen molar-refractivity contribution in [1.29, 1.82) is 0 Å². The largest absolute Gasteiger partial charge is 0.479 e. The van der Waals surface area contributed by atoms with Crippen LogP contribution >= 0.6 is 0 Å². The molecule has 0 radical (unpaired) electrons. The SMILES string of the molecule is COc1nc(-c2nc3n(n2)CCCN3c2ccccc2C(F)(F)F)ccc1-n1cnc(C)c1. The van der Waals surface area contributed by atoms with Crippen molar-refractivity contribution in [3.63, 3.8) is 0 Å². The molecule has 5 rings (SSSR count). The lowest BCUT2D eigenvalue weighted by molar-refractivity contribution is -0.137. The molecule has 0 N–H and O–H groups in total. The Morgan fingerprint density at radius 3 is 2.55 bits per heavy atom. The third-order valence-corrected chi connectivity index (χ3v) is 5.40. The van der Waals surface area contributed by atoms with Crippen LogP contribution in [-0.2, 0) is 12.7 Å². The summed E-state index contributed by atoms with van der Waals surface area (Å²) in [5, 5.41) is 4.52. The molecule has 4 aromatic rings. The molecule has 0 unspecified atom stereocenters. The fourth-order valence-corrected chi connectivity index (χ4v) is 3.90. The van der Waals surface area contributed by atoms with Crippen molar-refractivity contribution in [2.75, 3.05) is 18.6 Å². The van der Waals surface area contributed by atoms with Crippen molar-refractivity contribution in [3.05, 3.63) is 60.2 Å². The summed E-state index contributed by atoms with van der Waals surface area (Å²) in [6.07, 6.45) is -0.323. The molecule has 3 aromatic heterocycles. The minimum absolute atomic E-state index is 0.0567. The number of nitrogens with zero attached hydrogens (tertiary/aromatic N) is 7. The maximum Gasteiger partial charge on any atom is 0.418 e. The number of hydrogen-bond donors (Lipinski definition) is 0. The van der Waals surface area contributed by atoms with Gasteiger partial charge in [0.25, 0.3) is 0 Å². The summed E-state index contributed by atoms with van der Waals surface area (Å²) in [5.74, 6) is 1.02. The van der Waals surface area contributed by atoms with Gasteiger partial charge >= 0.3 is 6.18 Å². The molecule has 0 fully saturated rings. The van der Waals surface area contributed by atoms with Gasteiger partial charge in [0.05, 0.1) is 30.4 Å². The molecule has 1 aromatic carbocycles. The maximum atomic E-state index is 13.6. The summed E-state index contributed by atoms with van der Waals surface area (Å²) >= 11 is 0.